The molecule has 0 saturated carbocycles. The number of rotatable bonds is 3. The van der Waals surface area contributed by atoms with Crippen LogP contribution in [0.15, 0.2) is 42.6 Å². The molecule has 0 aliphatic heterocycles. The van der Waals surface area contributed by atoms with Gasteiger partial charge in [0.1, 0.15) is 11.0 Å². The van der Waals surface area contributed by atoms with E-state index in [-0.39, 0.29) is 0 Å². The lowest BCUT2D eigenvalue weighted by atomic mass is 10.2. The van der Waals surface area contributed by atoms with E-state index in [1.165, 1.54) is 5.52 Å². The molecular weight excluding hydrogens is 274 g/mol. The molecule has 0 amide bonds. The van der Waals surface area contributed by atoms with Crippen molar-refractivity contribution in [3.05, 3.63) is 42.6 Å². The number of nitrogens with zero attached hydrogens (tertiary/aromatic N) is 5. The Kier molecular flexibility index (Phi) is 3.01. The predicted octanol–water partition coefficient (Wildman–Crippen LogP) is 2.69. The van der Waals surface area contributed by atoms with Gasteiger partial charge in [-0.05, 0) is 32.3 Å². The molecule has 4 rings (SSSR count). The molecule has 5 heteroatoms. The second-order valence-corrected chi connectivity index (χ2v) is 5.71. The Hall–Kier alpha value is -2.53. The zero-order chi connectivity index (χ0) is 15.1. The molecule has 0 aliphatic rings. The van der Waals surface area contributed by atoms with Crippen LogP contribution in [0.4, 0.5) is 0 Å². The summed E-state index contributed by atoms with van der Waals surface area (Å²) in [7, 11) is 4.16. The van der Waals surface area contributed by atoms with Crippen molar-refractivity contribution in [2.24, 2.45) is 0 Å². The van der Waals surface area contributed by atoms with E-state index in [4.69, 9.17) is 9.97 Å². The number of fused-ring (bicyclic) bond motifs is 4. The van der Waals surface area contributed by atoms with Gasteiger partial charge in [0.2, 0.25) is 0 Å². The monoisotopic (exact) mass is 291 g/mol. The van der Waals surface area contributed by atoms with Gasteiger partial charge in [0, 0.05) is 24.7 Å². The normalized spacial score (nSPS) is 12.0. The van der Waals surface area contributed by atoms with E-state index in [2.05, 4.69) is 46.7 Å². The van der Waals surface area contributed by atoms with E-state index >= 15 is 0 Å². The average Bonchev–Trinajstić information content (AvgIpc) is 2.84. The highest BCUT2D eigenvalue weighted by Gasteiger charge is 2.14. The first-order chi connectivity index (χ1) is 10.7. The van der Waals surface area contributed by atoms with Crippen LogP contribution in [-0.2, 0) is 6.54 Å². The standard InChI is InChI=1S/C17H17N5/c1-21(2)10-11-22-14-8-4-3-6-12(14)15-17(22)19-13-7-5-9-18-16(13)20-15/h3-9H,10-11H2,1-2H3. The van der Waals surface area contributed by atoms with E-state index in [1.54, 1.807) is 6.20 Å². The minimum Gasteiger partial charge on any atom is -0.323 e. The molecule has 5 nitrogen and oxygen atoms in total. The number of likely N-dealkylation sites (N-methyl/N-ethyl adjacent to an activating group) is 1. The Balaban J connectivity index is 2.06. The van der Waals surface area contributed by atoms with Gasteiger partial charge in [-0.25, -0.2) is 15.0 Å². The molecule has 0 spiro atoms. The van der Waals surface area contributed by atoms with Gasteiger partial charge in [0.15, 0.2) is 11.3 Å². The maximum absolute atomic E-state index is 4.81. The van der Waals surface area contributed by atoms with Gasteiger partial charge in [-0.15, -0.1) is 0 Å². The van der Waals surface area contributed by atoms with Gasteiger partial charge >= 0.3 is 0 Å². The number of benzene rings is 1. The molecule has 4 aromatic rings. The molecule has 1 aromatic carbocycles. The molecule has 0 N–H and O–H groups in total. The Morgan fingerprint density at radius 1 is 1.05 bits per heavy atom. The molecule has 0 fully saturated rings. The summed E-state index contributed by atoms with van der Waals surface area (Å²) in [6.07, 6.45) is 1.76. The summed E-state index contributed by atoms with van der Waals surface area (Å²) in [6.45, 7) is 1.85. The third kappa shape index (κ3) is 2.02. The fourth-order valence-corrected chi connectivity index (χ4v) is 2.80. The molecule has 0 unspecified atom stereocenters. The number of pyridine rings is 1. The third-order valence-corrected chi connectivity index (χ3v) is 3.90. The molecule has 110 valence electrons. The van der Waals surface area contributed by atoms with Crippen molar-refractivity contribution in [1.29, 1.82) is 0 Å². The lowest BCUT2D eigenvalue weighted by Gasteiger charge is -2.11. The van der Waals surface area contributed by atoms with Crippen LogP contribution in [0.1, 0.15) is 0 Å². The van der Waals surface area contributed by atoms with Gasteiger partial charge in [0.05, 0.1) is 5.52 Å². The van der Waals surface area contributed by atoms with Gasteiger partial charge in [0.25, 0.3) is 0 Å². The topological polar surface area (TPSA) is 46.8 Å². The molecule has 22 heavy (non-hydrogen) atoms. The van der Waals surface area contributed by atoms with Crippen LogP contribution in [0.3, 0.4) is 0 Å². The van der Waals surface area contributed by atoms with Crippen LogP contribution < -0.4 is 0 Å². The van der Waals surface area contributed by atoms with Crippen LogP contribution in [0.2, 0.25) is 0 Å². The van der Waals surface area contributed by atoms with Crippen molar-refractivity contribution >= 4 is 33.2 Å². The summed E-state index contributed by atoms with van der Waals surface area (Å²) < 4.78 is 2.25. The minimum absolute atomic E-state index is 0.700. The molecule has 0 radical (unpaired) electrons. The van der Waals surface area contributed by atoms with Gasteiger partial charge < -0.3 is 9.47 Å². The van der Waals surface area contributed by atoms with Crippen LogP contribution in [-0.4, -0.2) is 45.1 Å². The second kappa shape index (κ2) is 5.03. The quantitative estimate of drug-likeness (QED) is 0.582. The Morgan fingerprint density at radius 3 is 2.77 bits per heavy atom. The smallest absolute Gasteiger partial charge is 0.178 e. The van der Waals surface area contributed by atoms with Crippen molar-refractivity contribution in [2.45, 2.75) is 6.54 Å². The first kappa shape index (κ1) is 13.2. The van der Waals surface area contributed by atoms with Gasteiger partial charge in [-0.2, -0.15) is 0 Å². The highest BCUT2D eigenvalue weighted by molar-refractivity contribution is 6.06. The SMILES string of the molecule is CN(C)CCn1c2ccccc2c2nc3ncccc3nc21. The highest BCUT2D eigenvalue weighted by atomic mass is 15.1. The highest BCUT2D eigenvalue weighted by Crippen LogP contribution is 2.27. The first-order valence-electron chi connectivity index (χ1n) is 7.38. The molecular formula is C17H17N5. The number of para-hydroxylation sites is 1. The van der Waals surface area contributed by atoms with E-state index in [0.717, 1.165) is 35.2 Å². The van der Waals surface area contributed by atoms with Crippen LogP contribution in [0.25, 0.3) is 33.2 Å². The van der Waals surface area contributed by atoms with Crippen LogP contribution in [0, 0.1) is 0 Å². The molecule has 0 atom stereocenters. The van der Waals surface area contributed by atoms with Crippen molar-refractivity contribution in [3.8, 4) is 0 Å². The van der Waals surface area contributed by atoms with Crippen LogP contribution in [0.5, 0.6) is 0 Å². The summed E-state index contributed by atoms with van der Waals surface area (Å²) >= 11 is 0. The maximum atomic E-state index is 4.81. The second-order valence-electron chi connectivity index (χ2n) is 5.71. The predicted molar refractivity (Wildman–Crippen MR) is 88.9 cm³/mol. The number of aromatic nitrogens is 4. The Labute approximate surface area is 128 Å². The van der Waals surface area contributed by atoms with Crippen molar-refractivity contribution in [3.63, 3.8) is 0 Å². The summed E-state index contributed by atoms with van der Waals surface area (Å²) in [5.74, 6) is 0. The molecule has 0 aliphatic carbocycles. The van der Waals surface area contributed by atoms with E-state index < -0.39 is 0 Å². The zero-order valence-corrected chi connectivity index (χ0v) is 12.7. The van der Waals surface area contributed by atoms with E-state index in [0.29, 0.717) is 5.65 Å². The Morgan fingerprint density at radius 2 is 1.91 bits per heavy atom. The van der Waals surface area contributed by atoms with Gasteiger partial charge in [-0.1, -0.05) is 18.2 Å². The van der Waals surface area contributed by atoms with Crippen molar-refractivity contribution in [2.75, 3.05) is 20.6 Å². The average molecular weight is 291 g/mol. The fraction of sp³-hybridized carbons (Fsp3) is 0.235. The summed E-state index contributed by atoms with van der Waals surface area (Å²) in [6, 6.07) is 12.2. The fourth-order valence-electron chi connectivity index (χ4n) is 2.80. The lowest BCUT2D eigenvalue weighted by molar-refractivity contribution is 0.389. The summed E-state index contributed by atoms with van der Waals surface area (Å²) in [5, 5.41) is 1.14. The van der Waals surface area contributed by atoms with E-state index in [1.807, 2.05) is 18.2 Å². The van der Waals surface area contributed by atoms with Crippen LogP contribution >= 0.6 is 0 Å². The molecule has 3 heterocycles. The van der Waals surface area contributed by atoms with E-state index in [9.17, 15) is 0 Å². The largest absolute Gasteiger partial charge is 0.323 e. The maximum Gasteiger partial charge on any atom is 0.178 e. The third-order valence-electron chi connectivity index (χ3n) is 3.90. The summed E-state index contributed by atoms with van der Waals surface area (Å²) in [4.78, 5) is 16.1. The minimum atomic E-state index is 0.700. The summed E-state index contributed by atoms with van der Waals surface area (Å²) in [5.41, 5.74) is 4.58. The molecule has 3 aromatic heterocycles. The number of hydrogen-bond donors (Lipinski definition) is 0. The number of hydrogen-bond acceptors (Lipinski definition) is 4. The molecule has 0 saturated heterocycles. The van der Waals surface area contributed by atoms with Crippen molar-refractivity contribution < 1.29 is 0 Å². The zero-order valence-electron chi connectivity index (χ0n) is 12.7. The first-order valence-corrected chi connectivity index (χ1v) is 7.38. The lowest BCUT2D eigenvalue weighted by Crippen LogP contribution is -2.18. The van der Waals surface area contributed by atoms with Gasteiger partial charge in [-0.3, -0.25) is 0 Å². The Bertz CT molecular complexity index is 971. The van der Waals surface area contributed by atoms with Crippen molar-refractivity contribution in [1.82, 2.24) is 24.4 Å². The molecule has 0 bridgehead atoms.